The quantitative estimate of drug-likeness (QED) is 0.440. The molecule has 7 nitrogen and oxygen atoms in total. The molecular weight excluding hydrogens is 430 g/mol. The lowest BCUT2D eigenvalue weighted by Gasteiger charge is -2.14. The fourth-order valence-corrected chi connectivity index (χ4v) is 3.74. The van der Waals surface area contributed by atoms with Gasteiger partial charge in [0, 0.05) is 23.1 Å². The van der Waals surface area contributed by atoms with E-state index < -0.39 is 11.2 Å². The highest BCUT2D eigenvalue weighted by molar-refractivity contribution is 6.10. The van der Waals surface area contributed by atoms with Crippen LogP contribution in [-0.2, 0) is 11.3 Å². The highest BCUT2D eigenvalue weighted by Gasteiger charge is 2.19. The number of aryl methyl sites for hydroxylation is 3. The Morgan fingerprint density at radius 1 is 1.00 bits per heavy atom. The van der Waals surface area contributed by atoms with E-state index in [1.54, 1.807) is 47.9 Å². The zero-order valence-electron chi connectivity index (χ0n) is 19.5. The van der Waals surface area contributed by atoms with Crippen molar-refractivity contribution in [2.75, 3.05) is 12.4 Å². The van der Waals surface area contributed by atoms with Gasteiger partial charge in [-0.1, -0.05) is 18.2 Å². The Hall–Kier alpha value is -4.26. The van der Waals surface area contributed by atoms with Crippen LogP contribution in [-0.4, -0.2) is 28.4 Å². The number of amides is 1. The molecule has 0 aliphatic heterocycles. The molecule has 0 unspecified atom stereocenters. The van der Waals surface area contributed by atoms with Gasteiger partial charge in [-0.15, -0.1) is 0 Å². The number of carbonyl (C=O) groups is 2. The maximum atomic E-state index is 13.3. The molecule has 1 amide bonds. The molecule has 0 aliphatic rings. The van der Waals surface area contributed by atoms with Crippen LogP contribution in [0.3, 0.4) is 0 Å². The van der Waals surface area contributed by atoms with Gasteiger partial charge in [0.2, 0.25) is 11.3 Å². The molecule has 1 N–H and O–H groups in total. The molecule has 0 spiro atoms. The summed E-state index contributed by atoms with van der Waals surface area (Å²) in [7, 11) is 1.51. The number of methoxy groups -OCH3 is 1. The van der Waals surface area contributed by atoms with Crippen LogP contribution in [0.4, 0.5) is 5.69 Å². The molecule has 0 bridgehead atoms. The number of ether oxygens (including phenoxy) is 1. The molecule has 0 saturated heterocycles. The monoisotopic (exact) mass is 455 g/mol. The first-order chi connectivity index (χ1) is 16.3. The first-order valence-electron chi connectivity index (χ1n) is 10.8. The van der Waals surface area contributed by atoms with Gasteiger partial charge in [-0.05, 0) is 68.3 Å². The molecule has 0 saturated carbocycles. The minimum atomic E-state index is -0.449. The normalized spacial score (nSPS) is 10.8. The van der Waals surface area contributed by atoms with Gasteiger partial charge >= 0.3 is 0 Å². The van der Waals surface area contributed by atoms with E-state index in [2.05, 4.69) is 10.3 Å². The van der Waals surface area contributed by atoms with Crippen molar-refractivity contribution in [2.45, 2.75) is 27.3 Å². The topological polar surface area (TPSA) is 90.3 Å². The standard InChI is InChI=1S/C27H25N3O4/c1-16-8-10-20(12-17(16)2)29-24(31)15-30-14-23(25(32)19-6-5-7-21(13-19)34-4)26(33)22-11-9-18(3)28-27(22)30/h5-14H,15H2,1-4H3,(H,29,31). The first-order valence-corrected chi connectivity index (χ1v) is 10.8. The van der Waals surface area contributed by atoms with Crippen molar-refractivity contribution < 1.29 is 14.3 Å². The summed E-state index contributed by atoms with van der Waals surface area (Å²) < 4.78 is 6.75. The molecule has 4 rings (SSSR count). The second-order valence-electron chi connectivity index (χ2n) is 8.23. The van der Waals surface area contributed by atoms with Crippen molar-refractivity contribution in [3.8, 4) is 5.75 Å². The average Bonchev–Trinajstić information content (AvgIpc) is 2.82. The lowest BCUT2D eigenvalue weighted by Crippen LogP contribution is -2.25. The number of pyridine rings is 2. The van der Waals surface area contributed by atoms with Gasteiger partial charge in [0.1, 0.15) is 17.9 Å². The number of hydrogen-bond donors (Lipinski definition) is 1. The van der Waals surface area contributed by atoms with Crippen LogP contribution in [0.1, 0.15) is 32.7 Å². The molecule has 0 aliphatic carbocycles. The second-order valence-corrected chi connectivity index (χ2v) is 8.23. The lowest BCUT2D eigenvalue weighted by molar-refractivity contribution is -0.116. The summed E-state index contributed by atoms with van der Waals surface area (Å²) in [4.78, 5) is 43.8. The highest BCUT2D eigenvalue weighted by atomic mass is 16.5. The minimum Gasteiger partial charge on any atom is -0.497 e. The van der Waals surface area contributed by atoms with Crippen molar-refractivity contribution in [3.05, 3.63) is 99.0 Å². The SMILES string of the molecule is COc1cccc(C(=O)c2cn(CC(=O)Nc3ccc(C)c(C)c3)c3nc(C)ccc3c2=O)c1. The molecule has 2 heterocycles. The van der Waals surface area contributed by atoms with E-state index in [9.17, 15) is 14.4 Å². The number of carbonyl (C=O) groups excluding carboxylic acids is 2. The molecule has 2 aromatic heterocycles. The summed E-state index contributed by atoms with van der Waals surface area (Å²) in [5.74, 6) is -0.233. The Balaban J connectivity index is 1.75. The van der Waals surface area contributed by atoms with Crippen molar-refractivity contribution >= 4 is 28.4 Å². The Kier molecular flexibility index (Phi) is 6.27. The number of ketones is 1. The van der Waals surface area contributed by atoms with E-state index in [-0.39, 0.29) is 23.4 Å². The molecule has 2 aromatic carbocycles. The summed E-state index contributed by atoms with van der Waals surface area (Å²) in [6.07, 6.45) is 1.42. The van der Waals surface area contributed by atoms with E-state index in [4.69, 9.17) is 4.74 Å². The smallest absolute Gasteiger partial charge is 0.244 e. The summed E-state index contributed by atoms with van der Waals surface area (Å²) in [5.41, 5.74) is 3.77. The Morgan fingerprint density at radius 2 is 1.79 bits per heavy atom. The largest absolute Gasteiger partial charge is 0.497 e. The van der Waals surface area contributed by atoms with Crippen LogP contribution in [0.15, 0.2) is 65.6 Å². The van der Waals surface area contributed by atoms with Gasteiger partial charge in [-0.25, -0.2) is 4.98 Å². The third-order valence-electron chi connectivity index (χ3n) is 5.74. The fraction of sp³-hybridized carbons (Fsp3) is 0.185. The predicted molar refractivity (Wildman–Crippen MR) is 132 cm³/mol. The maximum Gasteiger partial charge on any atom is 0.244 e. The van der Waals surface area contributed by atoms with Crippen LogP contribution in [0, 0.1) is 20.8 Å². The summed E-state index contributed by atoms with van der Waals surface area (Å²) in [5, 5.41) is 3.16. The van der Waals surface area contributed by atoms with Crippen LogP contribution >= 0.6 is 0 Å². The van der Waals surface area contributed by atoms with E-state index in [0.29, 0.717) is 28.3 Å². The molecule has 0 radical (unpaired) electrons. The van der Waals surface area contributed by atoms with Crippen molar-refractivity contribution in [1.82, 2.24) is 9.55 Å². The number of rotatable bonds is 6. The van der Waals surface area contributed by atoms with Gasteiger partial charge in [0.05, 0.1) is 18.1 Å². The number of nitrogens with zero attached hydrogens (tertiary/aromatic N) is 2. The van der Waals surface area contributed by atoms with Crippen LogP contribution < -0.4 is 15.5 Å². The Morgan fingerprint density at radius 3 is 2.53 bits per heavy atom. The second kappa shape index (κ2) is 9.31. The third-order valence-corrected chi connectivity index (χ3v) is 5.74. The van der Waals surface area contributed by atoms with Crippen molar-refractivity contribution in [1.29, 1.82) is 0 Å². The Bertz CT molecular complexity index is 1490. The number of aromatic nitrogens is 2. The Labute approximate surface area is 197 Å². The number of benzene rings is 2. The fourth-order valence-electron chi connectivity index (χ4n) is 3.74. The molecule has 7 heteroatoms. The van der Waals surface area contributed by atoms with Crippen LogP contribution in [0.5, 0.6) is 5.75 Å². The zero-order chi connectivity index (χ0) is 24.4. The number of anilines is 1. The summed E-state index contributed by atoms with van der Waals surface area (Å²) >= 11 is 0. The van der Waals surface area contributed by atoms with Gasteiger partial charge < -0.3 is 14.6 Å². The van der Waals surface area contributed by atoms with Gasteiger partial charge in [0.15, 0.2) is 5.78 Å². The van der Waals surface area contributed by atoms with E-state index in [0.717, 1.165) is 11.1 Å². The zero-order valence-corrected chi connectivity index (χ0v) is 19.5. The van der Waals surface area contributed by atoms with Gasteiger partial charge in [-0.2, -0.15) is 0 Å². The maximum absolute atomic E-state index is 13.3. The lowest BCUT2D eigenvalue weighted by atomic mass is 10.0. The van der Waals surface area contributed by atoms with Crippen molar-refractivity contribution in [3.63, 3.8) is 0 Å². The van der Waals surface area contributed by atoms with Gasteiger partial charge in [-0.3, -0.25) is 14.4 Å². The van der Waals surface area contributed by atoms with Crippen LogP contribution in [0.2, 0.25) is 0 Å². The number of hydrogen-bond acceptors (Lipinski definition) is 5. The number of fused-ring (bicyclic) bond motifs is 1. The van der Waals surface area contributed by atoms with Crippen LogP contribution in [0.25, 0.3) is 11.0 Å². The van der Waals surface area contributed by atoms with Crippen molar-refractivity contribution in [2.24, 2.45) is 0 Å². The summed E-state index contributed by atoms with van der Waals surface area (Å²) in [6, 6.07) is 15.6. The predicted octanol–water partition coefficient (Wildman–Crippen LogP) is 4.20. The summed E-state index contributed by atoms with van der Waals surface area (Å²) in [6.45, 7) is 5.67. The molecule has 4 aromatic rings. The average molecular weight is 456 g/mol. The molecule has 0 fully saturated rings. The molecule has 0 atom stereocenters. The van der Waals surface area contributed by atoms with E-state index >= 15 is 0 Å². The van der Waals surface area contributed by atoms with Gasteiger partial charge in [0.25, 0.3) is 0 Å². The first kappa shape index (κ1) is 22.9. The minimum absolute atomic E-state index is 0.0367. The third kappa shape index (κ3) is 4.59. The molecule has 172 valence electrons. The number of nitrogens with one attached hydrogen (secondary N) is 1. The highest BCUT2D eigenvalue weighted by Crippen LogP contribution is 2.18. The van der Waals surface area contributed by atoms with E-state index in [1.165, 1.54) is 13.3 Å². The van der Waals surface area contributed by atoms with E-state index in [1.807, 2.05) is 32.0 Å². The molecular formula is C27H25N3O4. The molecule has 34 heavy (non-hydrogen) atoms.